The van der Waals surface area contributed by atoms with Crippen molar-refractivity contribution in [2.24, 2.45) is 0 Å². The van der Waals surface area contributed by atoms with E-state index in [1.54, 1.807) is 24.7 Å². The highest BCUT2D eigenvalue weighted by Gasteiger charge is 2.14. The van der Waals surface area contributed by atoms with Crippen molar-refractivity contribution in [2.75, 3.05) is 12.3 Å². The first-order chi connectivity index (χ1) is 15.6. The van der Waals surface area contributed by atoms with Gasteiger partial charge in [-0.05, 0) is 59.7 Å². The lowest BCUT2D eigenvalue weighted by Gasteiger charge is -2.06. The number of benzene rings is 1. The fourth-order valence-corrected chi connectivity index (χ4v) is 4.59. The average Bonchev–Trinajstić information content (AvgIpc) is 3.18. The van der Waals surface area contributed by atoms with Gasteiger partial charge in [0.2, 0.25) is 0 Å². The highest BCUT2D eigenvalue weighted by Crippen LogP contribution is 2.28. The van der Waals surface area contributed by atoms with E-state index in [0.29, 0.717) is 35.5 Å². The van der Waals surface area contributed by atoms with Crippen LogP contribution in [0.15, 0.2) is 61.1 Å². The first kappa shape index (κ1) is 22.2. The Bertz CT molecular complexity index is 1210. The van der Waals surface area contributed by atoms with Crippen LogP contribution in [-0.2, 0) is 24.3 Å². The quantitative estimate of drug-likeness (QED) is 0.338. The number of anilines is 1. The normalized spacial score (nSPS) is 11.0. The van der Waals surface area contributed by atoms with Gasteiger partial charge in [-0.3, -0.25) is 9.78 Å². The van der Waals surface area contributed by atoms with Crippen LogP contribution < -0.4 is 11.1 Å². The molecule has 1 amide bonds. The second-order valence-electron chi connectivity index (χ2n) is 7.33. The maximum atomic E-state index is 12.6. The van der Waals surface area contributed by atoms with Crippen molar-refractivity contribution in [1.82, 2.24) is 15.3 Å². The van der Waals surface area contributed by atoms with Crippen molar-refractivity contribution in [3.63, 3.8) is 0 Å². The van der Waals surface area contributed by atoms with Crippen molar-refractivity contribution >= 4 is 45.4 Å². The number of amides is 1. The van der Waals surface area contributed by atoms with Gasteiger partial charge in [0.05, 0.1) is 16.5 Å². The molecular formula is C24H23ClN4O2S. The lowest BCUT2D eigenvalue weighted by atomic mass is 10.1. The lowest BCUT2D eigenvalue weighted by molar-refractivity contribution is 0.0955. The molecule has 3 aromatic heterocycles. The lowest BCUT2D eigenvalue weighted by Crippen LogP contribution is -2.21. The van der Waals surface area contributed by atoms with Crippen molar-refractivity contribution in [3.05, 3.63) is 87.0 Å². The number of nitrogens with one attached hydrogen (secondary N) is 1. The summed E-state index contributed by atoms with van der Waals surface area (Å²) < 4.78 is 5.76. The summed E-state index contributed by atoms with van der Waals surface area (Å²) in [6, 6.07) is 13.5. The molecule has 0 atom stereocenters. The Kier molecular flexibility index (Phi) is 7.32. The van der Waals surface area contributed by atoms with Crippen LogP contribution in [0.4, 0.5) is 5.82 Å². The molecule has 3 heterocycles. The first-order valence-corrected chi connectivity index (χ1v) is 11.5. The smallest absolute Gasteiger partial charge is 0.261 e. The van der Waals surface area contributed by atoms with E-state index in [-0.39, 0.29) is 5.91 Å². The van der Waals surface area contributed by atoms with E-state index in [9.17, 15) is 4.79 Å². The van der Waals surface area contributed by atoms with Gasteiger partial charge in [0.15, 0.2) is 0 Å². The molecule has 3 N–H and O–H groups in total. The van der Waals surface area contributed by atoms with Crippen LogP contribution in [-0.4, -0.2) is 22.5 Å². The molecule has 0 aliphatic heterocycles. The Morgan fingerprint density at radius 3 is 2.78 bits per heavy atom. The van der Waals surface area contributed by atoms with Crippen molar-refractivity contribution < 1.29 is 9.53 Å². The summed E-state index contributed by atoms with van der Waals surface area (Å²) in [7, 11) is 0. The van der Waals surface area contributed by atoms with E-state index in [1.165, 1.54) is 16.9 Å². The predicted molar refractivity (Wildman–Crippen MR) is 129 cm³/mol. The standard InChI is InChI=1S/C24H23ClN4O2S/c25-20-13-21(32-22(20)15-31-11-1-2-16-5-8-27-9-6-16)24(30)29-14-17-3-4-19-18(12-17)7-10-28-23(19)26/h3-10,12-13H,1-2,11,14-15H2,(H2,26,28)(H,29,30). The summed E-state index contributed by atoms with van der Waals surface area (Å²) in [6.45, 7) is 1.43. The number of ether oxygens (including phenoxy) is 1. The van der Waals surface area contributed by atoms with Gasteiger partial charge in [0, 0.05) is 42.0 Å². The van der Waals surface area contributed by atoms with Crippen LogP contribution in [0.2, 0.25) is 5.02 Å². The number of fused-ring (bicyclic) bond motifs is 1. The average molecular weight is 467 g/mol. The van der Waals surface area contributed by atoms with Gasteiger partial charge in [-0.2, -0.15) is 0 Å². The van der Waals surface area contributed by atoms with Crippen LogP contribution in [0, 0.1) is 0 Å². The summed E-state index contributed by atoms with van der Waals surface area (Å²) in [4.78, 5) is 22.1. The van der Waals surface area contributed by atoms with Gasteiger partial charge in [-0.1, -0.05) is 23.7 Å². The summed E-state index contributed by atoms with van der Waals surface area (Å²) in [5.74, 6) is 0.341. The van der Waals surface area contributed by atoms with Crippen molar-refractivity contribution in [1.29, 1.82) is 0 Å². The van der Waals surface area contributed by atoms with Gasteiger partial charge >= 0.3 is 0 Å². The van der Waals surface area contributed by atoms with E-state index in [0.717, 1.165) is 34.1 Å². The van der Waals surface area contributed by atoms with Crippen LogP contribution >= 0.6 is 22.9 Å². The SMILES string of the molecule is Nc1nccc2cc(CNC(=O)c3cc(Cl)c(COCCCc4ccncc4)s3)ccc12. The number of hydrogen-bond donors (Lipinski definition) is 2. The molecule has 0 fully saturated rings. The van der Waals surface area contributed by atoms with E-state index >= 15 is 0 Å². The molecule has 0 saturated carbocycles. The third-order valence-electron chi connectivity index (χ3n) is 5.03. The molecule has 0 aliphatic carbocycles. The largest absolute Gasteiger partial charge is 0.383 e. The minimum Gasteiger partial charge on any atom is -0.383 e. The molecule has 0 bridgehead atoms. The van der Waals surface area contributed by atoms with Crippen LogP contribution in [0.1, 0.15) is 32.1 Å². The van der Waals surface area contributed by atoms with Crippen molar-refractivity contribution in [3.8, 4) is 0 Å². The number of aryl methyl sites for hydroxylation is 1. The van der Waals surface area contributed by atoms with E-state index in [2.05, 4.69) is 15.3 Å². The fraction of sp³-hybridized carbons (Fsp3) is 0.208. The molecule has 164 valence electrons. The van der Waals surface area contributed by atoms with Gasteiger partial charge in [-0.15, -0.1) is 11.3 Å². The first-order valence-electron chi connectivity index (χ1n) is 10.3. The van der Waals surface area contributed by atoms with Gasteiger partial charge in [0.25, 0.3) is 5.91 Å². The molecule has 0 unspecified atom stereocenters. The second kappa shape index (κ2) is 10.5. The molecular weight excluding hydrogens is 444 g/mol. The van der Waals surface area contributed by atoms with Gasteiger partial charge < -0.3 is 15.8 Å². The molecule has 32 heavy (non-hydrogen) atoms. The maximum absolute atomic E-state index is 12.6. The highest BCUT2D eigenvalue weighted by atomic mass is 35.5. The third kappa shape index (κ3) is 5.62. The van der Waals surface area contributed by atoms with E-state index in [1.807, 2.05) is 36.4 Å². The zero-order chi connectivity index (χ0) is 22.3. The topological polar surface area (TPSA) is 90.1 Å². The molecule has 0 saturated heterocycles. The summed E-state index contributed by atoms with van der Waals surface area (Å²) in [6.07, 6.45) is 7.11. The summed E-state index contributed by atoms with van der Waals surface area (Å²) >= 11 is 7.68. The number of aromatic nitrogens is 2. The summed E-state index contributed by atoms with van der Waals surface area (Å²) in [5.41, 5.74) is 8.12. The molecule has 0 radical (unpaired) electrons. The van der Waals surface area contributed by atoms with Crippen LogP contribution in [0.25, 0.3) is 10.8 Å². The van der Waals surface area contributed by atoms with Gasteiger partial charge in [0.1, 0.15) is 5.82 Å². The number of carbonyl (C=O) groups is 1. The number of nitrogens with two attached hydrogens (primary N) is 1. The monoisotopic (exact) mass is 466 g/mol. The number of hydrogen-bond acceptors (Lipinski definition) is 6. The number of nitrogens with zero attached hydrogens (tertiary/aromatic N) is 2. The highest BCUT2D eigenvalue weighted by molar-refractivity contribution is 7.14. The van der Waals surface area contributed by atoms with Crippen LogP contribution in [0.5, 0.6) is 0 Å². The minimum absolute atomic E-state index is 0.157. The molecule has 6 nitrogen and oxygen atoms in total. The zero-order valence-electron chi connectivity index (χ0n) is 17.4. The number of pyridine rings is 2. The van der Waals surface area contributed by atoms with Crippen LogP contribution in [0.3, 0.4) is 0 Å². The Balaban J connectivity index is 1.27. The minimum atomic E-state index is -0.157. The molecule has 4 aromatic rings. The summed E-state index contributed by atoms with van der Waals surface area (Å²) in [5, 5.41) is 5.40. The number of nitrogen functional groups attached to an aromatic ring is 1. The number of carbonyl (C=O) groups excluding carboxylic acids is 1. The van der Waals surface area contributed by atoms with E-state index < -0.39 is 0 Å². The molecule has 0 aliphatic rings. The Labute approximate surface area is 195 Å². The Hall–Kier alpha value is -3.00. The van der Waals surface area contributed by atoms with E-state index in [4.69, 9.17) is 22.1 Å². The number of thiophene rings is 1. The fourth-order valence-electron chi connectivity index (χ4n) is 3.34. The zero-order valence-corrected chi connectivity index (χ0v) is 19.0. The third-order valence-corrected chi connectivity index (χ3v) is 6.59. The number of rotatable bonds is 9. The molecule has 4 rings (SSSR count). The molecule has 1 aromatic carbocycles. The number of halogens is 1. The Morgan fingerprint density at radius 1 is 1.09 bits per heavy atom. The predicted octanol–water partition coefficient (Wildman–Crippen LogP) is 5.01. The van der Waals surface area contributed by atoms with Crippen molar-refractivity contribution in [2.45, 2.75) is 26.0 Å². The van der Waals surface area contributed by atoms with Gasteiger partial charge in [-0.25, -0.2) is 4.98 Å². The molecule has 0 spiro atoms. The maximum Gasteiger partial charge on any atom is 0.261 e. The second-order valence-corrected chi connectivity index (χ2v) is 8.87. The molecule has 8 heteroatoms. The Morgan fingerprint density at radius 2 is 1.94 bits per heavy atom.